The highest BCUT2D eigenvalue weighted by molar-refractivity contribution is 7.78. The van der Waals surface area contributed by atoms with Crippen LogP contribution in [0.1, 0.15) is 109 Å². The van der Waals surface area contributed by atoms with Crippen molar-refractivity contribution in [3.05, 3.63) is 0 Å². The Balaban J connectivity index is 3.29. The molecule has 354 valence electrons. The van der Waals surface area contributed by atoms with Crippen LogP contribution < -0.4 is 21.3 Å². The Hall–Kier alpha value is -3.36. The lowest BCUT2D eigenvalue weighted by Crippen LogP contribution is -2.62. The molecule has 1 fully saturated rings. The van der Waals surface area contributed by atoms with Gasteiger partial charge in [0.1, 0.15) is 46.8 Å². The molecular weight excluding hydrogens is 819 g/mol. The van der Waals surface area contributed by atoms with Crippen LogP contribution in [0, 0.1) is 0 Å². The summed E-state index contributed by atoms with van der Waals surface area (Å²) in [6.45, 7) is 23.7. The molecule has 5 atom stereocenters. The zero-order valence-corrected chi connectivity index (χ0v) is 39.4. The van der Waals surface area contributed by atoms with Crippen LogP contribution in [-0.4, -0.2) is 155 Å². The summed E-state index contributed by atoms with van der Waals surface area (Å²) in [5.74, 6) is 0. The van der Waals surface area contributed by atoms with Gasteiger partial charge in [-0.2, -0.15) is 0 Å². The van der Waals surface area contributed by atoms with Crippen LogP contribution >= 0.6 is 12.2 Å². The van der Waals surface area contributed by atoms with Crippen molar-refractivity contribution >= 4 is 41.8 Å². The second-order valence-electron chi connectivity index (χ2n) is 18.1. The first-order chi connectivity index (χ1) is 28.4. The molecule has 0 unspecified atom stereocenters. The molecule has 4 N–H and O–H groups in total. The lowest BCUT2D eigenvalue weighted by Gasteiger charge is -2.46. The highest BCUT2D eigenvalue weighted by Gasteiger charge is 2.49. The third-order valence-electron chi connectivity index (χ3n) is 7.46. The Morgan fingerprint density at radius 1 is 0.525 bits per heavy atom. The van der Waals surface area contributed by atoms with Crippen LogP contribution in [0.2, 0.25) is 0 Å². The molecule has 19 nitrogen and oxygen atoms in total. The fourth-order valence-corrected chi connectivity index (χ4v) is 5.33. The molecule has 1 aliphatic heterocycles. The van der Waals surface area contributed by atoms with Crippen LogP contribution in [-0.2, 0) is 47.4 Å². The second-order valence-corrected chi connectivity index (χ2v) is 18.3. The van der Waals surface area contributed by atoms with Crippen molar-refractivity contribution < 1.29 is 66.5 Å². The molecule has 0 aromatic carbocycles. The van der Waals surface area contributed by atoms with Crippen molar-refractivity contribution in [3.63, 3.8) is 0 Å². The summed E-state index contributed by atoms with van der Waals surface area (Å²) in [6, 6.07) is 0. The first-order valence-corrected chi connectivity index (χ1v) is 21.4. The molecular formula is C41H75N5O14S. The number of amides is 4. The van der Waals surface area contributed by atoms with Gasteiger partial charge in [0.25, 0.3) is 0 Å². The lowest BCUT2D eigenvalue weighted by molar-refractivity contribution is -0.323. The Morgan fingerprint density at radius 3 is 1.26 bits per heavy atom. The van der Waals surface area contributed by atoms with Crippen molar-refractivity contribution in [3.8, 4) is 0 Å². The van der Waals surface area contributed by atoms with Gasteiger partial charge in [-0.25, -0.2) is 24.2 Å². The van der Waals surface area contributed by atoms with Gasteiger partial charge in [0.05, 0.1) is 24.9 Å². The van der Waals surface area contributed by atoms with Crippen LogP contribution in [0.25, 0.3) is 0 Å². The van der Waals surface area contributed by atoms with Gasteiger partial charge in [-0.15, -0.1) is 0 Å². The van der Waals surface area contributed by atoms with Crippen LogP contribution in [0.3, 0.4) is 0 Å². The summed E-state index contributed by atoms with van der Waals surface area (Å²) >= 11 is 4.74. The van der Waals surface area contributed by atoms with Crippen molar-refractivity contribution in [1.29, 1.82) is 0 Å². The maximum Gasteiger partial charge on any atom is 0.407 e. The van der Waals surface area contributed by atoms with Crippen molar-refractivity contribution in [1.82, 2.24) is 21.3 Å². The van der Waals surface area contributed by atoms with E-state index in [4.69, 9.17) is 59.6 Å². The molecule has 1 heterocycles. The maximum atomic E-state index is 12.3. The number of hydrogen-bond donors (Lipinski definition) is 4. The Bertz CT molecular complexity index is 1340. The van der Waals surface area contributed by atoms with Crippen LogP contribution in [0.15, 0.2) is 4.99 Å². The number of nitrogens with one attached hydrogen (secondary N) is 4. The molecule has 1 aliphatic rings. The Labute approximate surface area is 368 Å². The summed E-state index contributed by atoms with van der Waals surface area (Å²) in [4.78, 5) is 52.9. The molecule has 4 amide bonds. The molecule has 0 aromatic heterocycles. The normalized spacial score (nSPS) is 19.5. The summed E-state index contributed by atoms with van der Waals surface area (Å²) in [5, 5.41) is 13.3. The summed E-state index contributed by atoms with van der Waals surface area (Å²) in [6.07, 6.45) is -4.59. The smallest absolute Gasteiger partial charge is 0.407 e. The predicted octanol–water partition coefficient (Wildman–Crippen LogP) is 5.66. The molecule has 0 aromatic rings. The molecule has 20 heteroatoms. The van der Waals surface area contributed by atoms with E-state index in [-0.39, 0.29) is 65.8 Å². The Kier molecular flexibility index (Phi) is 25.9. The number of aliphatic imine (C=N–C) groups is 1. The minimum absolute atomic E-state index is 0.0534. The van der Waals surface area contributed by atoms with Gasteiger partial charge in [0, 0.05) is 52.6 Å². The average molecular weight is 894 g/mol. The molecule has 0 saturated carbocycles. The number of thiocarbonyl (C=S) groups is 1. The van der Waals surface area contributed by atoms with E-state index in [0.717, 1.165) is 0 Å². The van der Waals surface area contributed by atoms with Gasteiger partial charge in [-0.05, 0) is 121 Å². The number of alkyl carbamates (subject to hydrolysis) is 4. The maximum absolute atomic E-state index is 12.3. The van der Waals surface area contributed by atoms with Gasteiger partial charge in [0.2, 0.25) is 0 Å². The molecule has 0 aliphatic carbocycles. The van der Waals surface area contributed by atoms with Gasteiger partial charge in [0.15, 0.2) is 6.29 Å². The predicted molar refractivity (Wildman–Crippen MR) is 230 cm³/mol. The zero-order chi connectivity index (χ0) is 46.1. The molecule has 1 saturated heterocycles. The van der Waals surface area contributed by atoms with E-state index < -0.39 is 77.5 Å². The topological polar surface area (TPSA) is 221 Å². The summed E-state index contributed by atoms with van der Waals surface area (Å²) < 4.78 is 59.6. The summed E-state index contributed by atoms with van der Waals surface area (Å²) in [7, 11) is 0. The fraction of sp³-hybridized carbons (Fsp3) is 0.878. The van der Waals surface area contributed by atoms with Crippen LogP contribution in [0.4, 0.5) is 19.2 Å². The monoisotopic (exact) mass is 894 g/mol. The first-order valence-electron chi connectivity index (χ1n) is 21.0. The molecule has 0 radical (unpaired) electrons. The molecule has 0 bridgehead atoms. The van der Waals surface area contributed by atoms with E-state index in [1.165, 1.54) is 0 Å². The minimum atomic E-state index is -0.986. The average Bonchev–Trinajstić information content (AvgIpc) is 3.09. The van der Waals surface area contributed by atoms with E-state index in [2.05, 4.69) is 31.4 Å². The van der Waals surface area contributed by atoms with E-state index in [1.54, 1.807) is 83.1 Å². The number of carbonyl (C=O) groups is 4. The Morgan fingerprint density at radius 2 is 0.885 bits per heavy atom. The minimum Gasteiger partial charge on any atom is -0.444 e. The highest BCUT2D eigenvalue weighted by atomic mass is 32.1. The van der Waals surface area contributed by atoms with Crippen molar-refractivity contribution in [2.45, 2.75) is 162 Å². The largest absolute Gasteiger partial charge is 0.444 e. The summed E-state index contributed by atoms with van der Waals surface area (Å²) in [5.41, 5.74) is -2.58. The number of isothiocyanates is 1. The molecule has 1 rings (SSSR count). The zero-order valence-electron chi connectivity index (χ0n) is 38.6. The quantitative estimate of drug-likeness (QED) is 0.0376. The lowest BCUT2D eigenvalue weighted by atomic mass is 9.98. The third-order valence-corrected chi connectivity index (χ3v) is 7.58. The molecule has 61 heavy (non-hydrogen) atoms. The number of carbonyl (C=O) groups excluding carboxylic acids is 4. The van der Waals surface area contributed by atoms with E-state index >= 15 is 0 Å². The number of rotatable bonds is 25. The van der Waals surface area contributed by atoms with E-state index in [1.807, 2.05) is 0 Å². The van der Waals surface area contributed by atoms with Crippen molar-refractivity contribution in [2.75, 3.05) is 72.4 Å². The van der Waals surface area contributed by atoms with Gasteiger partial charge < -0.3 is 68.6 Å². The first kappa shape index (κ1) is 55.7. The molecule has 0 spiro atoms. The van der Waals surface area contributed by atoms with E-state index in [0.29, 0.717) is 32.2 Å². The van der Waals surface area contributed by atoms with Gasteiger partial charge >= 0.3 is 24.4 Å². The fourth-order valence-electron chi connectivity index (χ4n) is 5.24. The van der Waals surface area contributed by atoms with Crippen LogP contribution in [0.5, 0.6) is 0 Å². The third kappa shape index (κ3) is 29.6. The number of hydrogen-bond acceptors (Lipinski definition) is 16. The second kappa shape index (κ2) is 28.4. The number of nitrogens with zero attached hydrogens (tertiary/aromatic N) is 1. The van der Waals surface area contributed by atoms with Gasteiger partial charge in [-0.3, -0.25) is 0 Å². The van der Waals surface area contributed by atoms with Gasteiger partial charge in [-0.1, -0.05) is 0 Å². The van der Waals surface area contributed by atoms with E-state index in [9.17, 15) is 19.2 Å². The standard InChI is InChI=1S/C41H75N5O14S/c1-38(2,3)57-34(47)43-17-13-22-51-27-29-30(52-23-14-18-44-35(48)58-39(4,5)6)31(53-24-15-19-45-36(49)59-40(7,8)9)32(33(56-29)55-26-21-42-28-61)54-25-16-20-46-37(50)60-41(10,11)12/h29-33H,13-27H2,1-12H3,(H,43,47)(H,44,48)(H,45,49)(H,46,50)/t29-,30-,31+,32+,33-/m1/s1. The highest BCUT2D eigenvalue weighted by Crippen LogP contribution is 2.30. The van der Waals surface area contributed by atoms with Crippen molar-refractivity contribution in [2.24, 2.45) is 4.99 Å². The SMILES string of the molecule is CC(C)(C)OC(=O)NCCCOC[C@H]1O[C@@H](OCCN=C=S)[C@@H](OCCCNC(=O)OC(C)(C)C)[C@@H](OCCCNC(=O)OC(C)(C)C)[C@@H]1OCCCNC(=O)OC(C)(C)C. The number of ether oxygens (including phenoxy) is 10.